The van der Waals surface area contributed by atoms with Crippen molar-refractivity contribution < 1.29 is 4.79 Å². The van der Waals surface area contributed by atoms with Gasteiger partial charge in [0.2, 0.25) is 5.91 Å². The highest BCUT2D eigenvalue weighted by Crippen LogP contribution is 2.40. The van der Waals surface area contributed by atoms with Gasteiger partial charge in [-0.15, -0.1) is 0 Å². The van der Waals surface area contributed by atoms with Crippen LogP contribution in [0.1, 0.15) is 41.1 Å². The number of amides is 1. The van der Waals surface area contributed by atoms with Crippen LogP contribution in [-0.4, -0.2) is 37.0 Å². The Hall–Kier alpha value is -4.04. The molecule has 0 spiro atoms. The van der Waals surface area contributed by atoms with Crippen molar-refractivity contribution >= 4 is 28.9 Å². The third-order valence-electron chi connectivity index (χ3n) is 6.51. The van der Waals surface area contributed by atoms with Crippen LogP contribution in [0.15, 0.2) is 85.3 Å². The molecule has 2 atom stereocenters. The Morgan fingerprint density at radius 1 is 1.03 bits per heavy atom. The average Bonchev–Trinajstić information content (AvgIpc) is 3.44. The van der Waals surface area contributed by atoms with E-state index < -0.39 is 0 Å². The van der Waals surface area contributed by atoms with E-state index in [9.17, 15) is 4.79 Å². The first kappa shape index (κ1) is 23.7. The number of pyridine rings is 2. The number of nitrogens with one attached hydrogen (secondary N) is 2. The summed E-state index contributed by atoms with van der Waals surface area (Å²) in [6.45, 7) is 4.53. The molecule has 4 heterocycles. The number of anilines is 1. The predicted molar refractivity (Wildman–Crippen MR) is 145 cm³/mol. The van der Waals surface area contributed by atoms with Crippen molar-refractivity contribution in [1.29, 1.82) is 0 Å². The second kappa shape index (κ2) is 10.3. The van der Waals surface area contributed by atoms with E-state index in [2.05, 4.69) is 49.1 Å². The van der Waals surface area contributed by atoms with Crippen LogP contribution in [0.2, 0.25) is 0 Å². The Kier molecular flexibility index (Phi) is 6.77. The van der Waals surface area contributed by atoms with Gasteiger partial charge in [0, 0.05) is 42.4 Å². The zero-order chi connectivity index (χ0) is 25.1. The van der Waals surface area contributed by atoms with Crippen LogP contribution in [0.4, 0.5) is 5.69 Å². The van der Waals surface area contributed by atoms with E-state index in [1.165, 1.54) is 0 Å². The summed E-state index contributed by atoms with van der Waals surface area (Å²) in [6.07, 6.45) is 5.71. The van der Waals surface area contributed by atoms with Crippen LogP contribution in [0.5, 0.6) is 0 Å². The highest BCUT2D eigenvalue weighted by Gasteiger charge is 2.41. The van der Waals surface area contributed by atoms with Crippen molar-refractivity contribution in [2.75, 3.05) is 11.9 Å². The Morgan fingerprint density at radius 3 is 2.61 bits per heavy atom. The molecule has 4 aromatic rings. The molecule has 1 saturated heterocycles. The summed E-state index contributed by atoms with van der Waals surface area (Å²) in [6, 6.07) is 21.5. The van der Waals surface area contributed by atoms with Crippen LogP contribution in [0.25, 0.3) is 5.69 Å². The molecule has 0 unspecified atom stereocenters. The molecule has 182 valence electrons. The van der Waals surface area contributed by atoms with Crippen LogP contribution >= 0.6 is 12.2 Å². The molecule has 1 aliphatic heterocycles. The fourth-order valence-corrected chi connectivity index (χ4v) is 5.08. The molecule has 1 aromatic carbocycles. The largest absolute Gasteiger partial charge is 0.352 e. The molecular weight excluding hydrogens is 468 g/mol. The van der Waals surface area contributed by atoms with Crippen molar-refractivity contribution in [3.05, 3.63) is 108 Å². The van der Waals surface area contributed by atoms with E-state index in [-0.39, 0.29) is 18.0 Å². The topological polar surface area (TPSA) is 75.1 Å². The summed E-state index contributed by atoms with van der Waals surface area (Å²) in [5.74, 6) is -0.0500. The zero-order valence-corrected chi connectivity index (χ0v) is 21.1. The van der Waals surface area contributed by atoms with Crippen molar-refractivity contribution in [1.82, 2.24) is 24.8 Å². The maximum Gasteiger partial charge on any atom is 0.226 e. The minimum Gasteiger partial charge on any atom is -0.352 e. The first-order chi connectivity index (χ1) is 17.5. The minimum absolute atomic E-state index is 0.0500. The van der Waals surface area contributed by atoms with Gasteiger partial charge in [0.25, 0.3) is 0 Å². The summed E-state index contributed by atoms with van der Waals surface area (Å²) in [4.78, 5) is 23.9. The van der Waals surface area contributed by atoms with Crippen LogP contribution in [0, 0.1) is 13.8 Å². The summed E-state index contributed by atoms with van der Waals surface area (Å²) in [5, 5.41) is 7.11. The van der Waals surface area contributed by atoms with E-state index in [1.807, 2.05) is 67.7 Å². The lowest BCUT2D eigenvalue weighted by Crippen LogP contribution is -2.33. The van der Waals surface area contributed by atoms with Crippen molar-refractivity contribution in [3.8, 4) is 5.69 Å². The maximum absolute atomic E-state index is 12.9. The molecule has 2 N–H and O–H groups in total. The molecular formula is C28H28N6OS. The van der Waals surface area contributed by atoms with Gasteiger partial charge >= 0.3 is 0 Å². The SMILES string of the molecule is Cc1ccccc1NC(=O)CCN1C(=S)N[C@H](c2ccccn2)[C@H]1c1ccc(C)n1-c1cccnc1. The normalized spacial score (nSPS) is 17.2. The van der Waals surface area contributed by atoms with Crippen molar-refractivity contribution in [3.63, 3.8) is 0 Å². The highest BCUT2D eigenvalue weighted by molar-refractivity contribution is 7.80. The first-order valence-electron chi connectivity index (χ1n) is 11.9. The fourth-order valence-electron chi connectivity index (χ4n) is 4.74. The number of thiocarbonyl (C=S) groups is 1. The third kappa shape index (κ3) is 4.72. The molecule has 1 amide bonds. The summed E-state index contributed by atoms with van der Waals surface area (Å²) < 4.78 is 2.20. The molecule has 8 heteroatoms. The van der Waals surface area contributed by atoms with Gasteiger partial charge in [-0.25, -0.2) is 0 Å². The molecule has 0 radical (unpaired) electrons. The lowest BCUT2D eigenvalue weighted by atomic mass is 10.0. The molecule has 0 saturated carbocycles. The second-order valence-corrected chi connectivity index (χ2v) is 9.27. The molecule has 36 heavy (non-hydrogen) atoms. The van der Waals surface area contributed by atoms with Crippen LogP contribution < -0.4 is 10.6 Å². The number of hydrogen-bond donors (Lipinski definition) is 2. The van der Waals surface area contributed by atoms with Gasteiger partial charge in [0.1, 0.15) is 0 Å². The third-order valence-corrected chi connectivity index (χ3v) is 6.86. The van der Waals surface area contributed by atoms with E-state index in [1.54, 1.807) is 12.4 Å². The number of benzene rings is 1. The zero-order valence-electron chi connectivity index (χ0n) is 20.3. The Morgan fingerprint density at radius 2 is 1.86 bits per heavy atom. The number of aryl methyl sites for hydroxylation is 2. The van der Waals surface area contributed by atoms with Gasteiger partial charge in [0.05, 0.1) is 29.7 Å². The summed E-state index contributed by atoms with van der Waals surface area (Å²) in [7, 11) is 0. The first-order valence-corrected chi connectivity index (χ1v) is 12.4. The molecule has 5 rings (SSSR count). The second-order valence-electron chi connectivity index (χ2n) is 8.88. The quantitative estimate of drug-likeness (QED) is 0.355. The summed E-state index contributed by atoms with van der Waals surface area (Å²) in [5.41, 5.74) is 5.88. The van der Waals surface area contributed by atoms with Crippen LogP contribution in [-0.2, 0) is 4.79 Å². The van der Waals surface area contributed by atoms with Gasteiger partial charge in [-0.2, -0.15) is 0 Å². The number of carbonyl (C=O) groups excluding carboxylic acids is 1. The lowest BCUT2D eigenvalue weighted by molar-refractivity contribution is -0.116. The molecule has 0 aliphatic carbocycles. The Labute approximate surface area is 216 Å². The number of hydrogen-bond acceptors (Lipinski definition) is 4. The van der Waals surface area contributed by atoms with Crippen molar-refractivity contribution in [2.45, 2.75) is 32.4 Å². The molecule has 0 bridgehead atoms. The van der Waals surface area contributed by atoms with Gasteiger partial charge < -0.3 is 20.1 Å². The Balaban J connectivity index is 1.47. The van der Waals surface area contributed by atoms with Crippen LogP contribution in [0.3, 0.4) is 0 Å². The predicted octanol–water partition coefficient (Wildman–Crippen LogP) is 4.89. The number of rotatable bonds is 7. The molecule has 7 nitrogen and oxygen atoms in total. The minimum atomic E-state index is -0.164. The maximum atomic E-state index is 12.9. The average molecular weight is 497 g/mol. The smallest absolute Gasteiger partial charge is 0.226 e. The number of nitrogens with zero attached hydrogens (tertiary/aromatic N) is 4. The summed E-state index contributed by atoms with van der Waals surface area (Å²) >= 11 is 5.80. The number of carbonyl (C=O) groups is 1. The highest BCUT2D eigenvalue weighted by atomic mass is 32.1. The Bertz CT molecular complexity index is 1370. The standard InChI is InChI=1S/C28H28N6OS/c1-19-8-3-4-10-22(19)31-25(35)14-17-33-27(26(32-28(33)36)23-11-5-6-16-30-23)24-13-12-20(2)34(24)21-9-7-15-29-18-21/h3-13,15-16,18,26-27H,14,17H2,1-2H3,(H,31,35)(H,32,36)/t26-,27-/m1/s1. The van der Waals surface area contributed by atoms with Gasteiger partial charge in [-0.3, -0.25) is 14.8 Å². The number of aromatic nitrogens is 3. The van der Waals surface area contributed by atoms with E-state index in [0.717, 1.165) is 34.0 Å². The van der Waals surface area contributed by atoms with E-state index in [0.29, 0.717) is 18.1 Å². The van der Waals surface area contributed by atoms with Crippen molar-refractivity contribution in [2.24, 2.45) is 0 Å². The monoisotopic (exact) mass is 496 g/mol. The fraction of sp³-hybridized carbons (Fsp3) is 0.214. The van der Waals surface area contributed by atoms with Gasteiger partial charge in [-0.1, -0.05) is 24.3 Å². The molecule has 1 aliphatic rings. The van der Waals surface area contributed by atoms with Gasteiger partial charge in [0.15, 0.2) is 5.11 Å². The number of para-hydroxylation sites is 1. The lowest BCUT2D eigenvalue weighted by Gasteiger charge is -2.29. The van der Waals surface area contributed by atoms with E-state index >= 15 is 0 Å². The van der Waals surface area contributed by atoms with Gasteiger partial charge in [-0.05, 0) is 74.1 Å². The van der Waals surface area contributed by atoms with E-state index in [4.69, 9.17) is 12.2 Å². The molecule has 3 aromatic heterocycles. The molecule has 1 fully saturated rings.